The molecular formula is C13H13N3O. The van der Waals surface area contributed by atoms with E-state index in [1.165, 1.54) is 0 Å². The zero-order valence-electron chi connectivity index (χ0n) is 9.55. The Hall–Kier alpha value is -2.23. The van der Waals surface area contributed by atoms with Gasteiger partial charge in [0.05, 0.1) is 5.69 Å². The summed E-state index contributed by atoms with van der Waals surface area (Å²) in [6, 6.07) is 11.8. The van der Waals surface area contributed by atoms with E-state index in [9.17, 15) is 0 Å². The van der Waals surface area contributed by atoms with Gasteiger partial charge in [-0.05, 0) is 19.1 Å². The van der Waals surface area contributed by atoms with Crippen molar-refractivity contribution in [1.82, 2.24) is 9.78 Å². The lowest BCUT2D eigenvalue weighted by atomic mass is 10.2. The Morgan fingerprint density at radius 1 is 1.29 bits per heavy atom. The summed E-state index contributed by atoms with van der Waals surface area (Å²) < 4.78 is 7.46. The number of nitrogens with zero attached hydrogens (tertiary/aromatic N) is 2. The quantitative estimate of drug-likeness (QED) is 0.732. The van der Waals surface area contributed by atoms with E-state index in [1.54, 1.807) is 4.68 Å². The molecule has 0 atom stereocenters. The zero-order chi connectivity index (χ0) is 11.8. The molecule has 0 unspecified atom stereocenters. The van der Waals surface area contributed by atoms with Crippen molar-refractivity contribution in [3.63, 3.8) is 0 Å². The number of rotatable bonds is 2. The fourth-order valence-corrected chi connectivity index (χ4v) is 1.95. The van der Waals surface area contributed by atoms with Gasteiger partial charge in [-0.3, -0.25) is 0 Å². The van der Waals surface area contributed by atoms with Crippen LogP contribution in [0, 0.1) is 6.92 Å². The molecule has 0 aliphatic rings. The molecule has 0 radical (unpaired) electrons. The van der Waals surface area contributed by atoms with Gasteiger partial charge >= 0.3 is 0 Å². The fourth-order valence-electron chi connectivity index (χ4n) is 1.95. The van der Waals surface area contributed by atoms with Crippen molar-refractivity contribution in [1.29, 1.82) is 0 Å². The first-order valence-electron chi connectivity index (χ1n) is 5.50. The molecule has 0 saturated heterocycles. The summed E-state index contributed by atoms with van der Waals surface area (Å²) in [6.45, 7) is 2.49. The molecule has 17 heavy (non-hydrogen) atoms. The highest BCUT2D eigenvalue weighted by molar-refractivity contribution is 5.77. The maximum absolute atomic E-state index is 5.84. The van der Waals surface area contributed by atoms with Gasteiger partial charge < -0.3 is 10.2 Å². The van der Waals surface area contributed by atoms with Gasteiger partial charge in [0.25, 0.3) is 0 Å². The molecule has 4 nitrogen and oxygen atoms in total. The third kappa shape index (κ3) is 1.78. The average Bonchev–Trinajstić information content (AvgIpc) is 2.82. The van der Waals surface area contributed by atoms with Crippen molar-refractivity contribution in [3.8, 4) is 0 Å². The number of para-hydroxylation sites is 1. The summed E-state index contributed by atoms with van der Waals surface area (Å²) >= 11 is 0. The standard InChI is InChI=1S/C13H13N3O/c1-9-6-13(14)16(15-9)8-11-7-10-4-2-3-5-12(10)17-11/h2-7H,8,14H2,1H3. The first kappa shape index (κ1) is 9.96. The van der Waals surface area contributed by atoms with E-state index in [-0.39, 0.29) is 0 Å². The number of nitrogens with two attached hydrogens (primary N) is 1. The largest absolute Gasteiger partial charge is 0.459 e. The van der Waals surface area contributed by atoms with E-state index in [2.05, 4.69) is 5.10 Å². The van der Waals surface area contributed by atoms with Gasteiger partial charge in [-0.2, -0.15) is 5.10 Å². The van der Waals surface area contributed by atoms with Gasteiger partial charge in [0, 0.05) is 11.5 Å². The van der Waals surface area contributed by atoms with Crippen molar-refractivity contribution in [2.45, 2.75) is 13.5 Å². The Kier molecular flexibility index (Phi) is 2.14. The molecule has 0 bridgehead atoms. The third-order valence-corrected chi connectivity index (χ3v) is 2.72. The van der Waals surface area contributed by atoms with E-state index in [0.717, 1.165) is 22.4 Å². The topological polar surface area (TPSA) is 57.0 Å². The number of aromatic nitrogens is 2. The van der Waals surface area contributed by atoms with Gasteiger partial charge in [0.1, 0.15) is 23.7 Å². The van der Waals surface area contributed by atoms with Crippen LogP contribution < -0.4 is 5.73 Å². The van der Waals surface area contributed by atoms with E-state index in [1.807, 2.05) is 43.3 Å². The van der Waals surface area contributed by atoms with E-state index < -0.39 is 0 Å². The molecule has 0 saturated carbocycles. The second kappa shape index (κ2) is 3.66. The molecule has 1 aromatic carbocycles. The normalized spacial score (nSPS) is 11.1. The third-order valence-electron chi connectivity index (χ3n) is 2.72. The Labute approximate surface area is 98.6 Å². The second-order valence-electron chi connectivity index (χ2n) is 4.12. The van der Waals surface area contributed by atoms with E-state index in [4.69, 9.17) is 10.2 Å². The smallest absolute Gasteiger partial charge is 0.134 e. The first-order chi connectivity index (χ1) is 8.22. The van der Waals surface area contributed by atoms with Gasteiger partial charge in [-0.1, -0.05) is 18.2 Å². The minimum Gasteiger partial charge on any atom is -0.459 e. The van der Waals surface area contributed by atoms with Crippen LogP contribution in [0.4, 0.5) is 5.82 Å². The lowest BCUT2D eigenvalue weighted by Crippen LogP contribution is -2.04. The highest BCUT2D eigenvalue weighted by Crippen LogP contribution is 2.20. The maximum atomic E-state index is 5.84. The van der Waals surface area contributed by atoms with Crippen molar-refractivity contribution in [2.24, 2.45) is 0 Å². The monoisotopic (exact) mass is 227 g/mol. The molecule has 2 aromatic heterocycles. The van der Waals surface area contributed by atoms with E-state index >= 15 is 0 Å². The SMILES string of the molecule is Cc1cc(N)n(Cc2cc3ccccc3o2)n1. The van der Waals surface area contributed by atoms with Crippen LogP contribution in [0.1, 0.15) is 11.5 Å². The average molecular weight is 227 g/mol. The van der Waals surface area contributed by atoms with Gasteiger partial charge in [0.15, 0.2) is 0 Å². The fraction of sp³-hybridized carbons (Fsp3) is 0.154. The number of anilines is 1. The molecule has 86 valence electrons. The van der Waals surface area contributed by atoms with Crippen molar-refractivity contribution in [3.05, 3.63) is 47.9 Å². The molecule has 0 fully saturated rings. The summed E-state index contributed by atoms with van der Waals surface area (Å²) in [7, 11) is 0. The van der Waals surface area contributed by atoms with Gasteiger partial charge in [-0.15, -0.1) is 0 Å². The van der Waals surface area contributed by atoms with Gasteiger partial charge in [0.2, 0.25) is 0 Å². The van der Waals surface area contributed by atoms with Crippen molar-refractivity contribution >= 4 is 16.8 Å². The summed E-state index contributed by atoms with van der Waals surface area (Å²) in [5, 5.41) is 5.41. The van der Waals surface area contributed by atoms with Crippen molar-refractivity contribution in [2.75, 3.05) is 5.73 Å². The summed E-state index contributed by atoms with van der Waals surface area (Å²) in [4.78, 5) is 0. The predicted molar refractivity (Wildman–Crippen MR) is 66.7 cm³/mol. The van der Waals surface area contributed by atoms with Gasteiger partial charge in [-0.25, -0.2) is 4.68 Å². The molecular weight excluding hydrogens is 214 g/mol. The van der Waals surface area contributed by atoms with Crippen molar-refractivity contribution < 1.29 is 4.42 Å². The number of nitrogen functional groups attached to an aromatic ring is 1. The van der Waals surface area contributed by atoms with E-state index in [0.29, 0.717) is 12.4 Å². The molecule has 3 rings (SSSR count). The Morgan fingerprint density at radius 3 is 2.82 bits per heavy atom. The molecule has 2 N–H and O–H groups in total. The number of aryl methyl sites for hydroxylation is 1. The van der Waals surface area contributed by atoms with Crippen LogP contribution in [0.2, 0.25) is 0 Å². The zero-order valence-corrected chi connectivity index (χ0v) is 9.55. The number of fused-ring (bicyclic) bond motifs is 1. The second-order valence-corrected chi connectivity index (χ2v) is 4.12. The van der Waals surface area contributed by atoms with Crippen LogP contribution in [0.25, 0.3) is 11.0 Å². The first-order valence-corrected chi connectivity index (χ1v) is 5.50. The van der Waals surface area contributed by atoms with Crippen LogP contribution in [0.5, 0.6) is 0 Å². The highest BCUT2D eigenvalue weighted by Gasteiger charge is 2.07. The molecule has 4 heteroatoms. The Bertz CT molecular complexity index is 633. The Balaban J connectivity index is 1.97. The van der Waals surface area contributed by atoms with Crippen LogP contribution in [-0.2, 0) is 6.54 Å². The number of hydrogen-bond acceptors (Lipinski definition) is 3. The number of benzene rings is 1. The van der Waals surface area contributed by atoms with Crippen LogP contribution in [0.15, 0.2) is 40.8 Å². The summed E-state index contributed by atoms with van der Waals surface area (Å²) in [6.07, 6.45) is 0. The summed E-state index contributed by atoms with van der Waals surface area (Å²) in [5.74, 6) is 1.52. The van der Waals surface area contributed by atoms with Crippen LogP contribution in [0.3, 0.4) is 0 Å². The minimum absolute atomic E-state index is 0.564. The molecule has 3 aromatic rings. The lowest BCUT2D eigenvalue weighted by Gasteiger charge is -1.99. The predicted octanol–water partition coefficient (Wildman–Crippen LogP) is 2.57. The highest BCUT2D eigenvalue weighted by atomic mass is 16.3. The lowest BCUT2D eigenvalue weighted by molar-refractivity contribution is 0.511. The molecule has 2 heterocycles. The minimum atomic E-state index is 0.564. The van der Waals surface area contributed by atoms with Crippen LogP contribution in [-0.4, -0.2) is 9.78 Å². The maximum Gasteiger partial charge on any atom is 0.134 e. The molecule has 0 spiro atoms. The molecule has 0 amide bonds. The Morgan fingerprint density at radius 2 is 2.12 bits per heavy atom. The number of hydrogen-bond donors (Lipinski definition) is 1. The van der Waals surface area contributed by atoms with Crippen LogP contribution >= 0.6 is 0 Å². The molecule has 0 aliphatic carbocycles. The summed E-state index contributed by atoms with van der Waals surface area (Å²) in [5.41, 5.74) is 7.65. The molecule has 0 aliphatic heterocycles. The number of furan rings is 1.